The number of benzene rings is 1. The predicted octanol–water partition coefficient (Wildman–Crippen LogP) is 2.69. The van der Waals surface area contributed by atoms with Gasteiger partial charge in [0.25, 0.3) is 0 Å². The van der Waals surface area contributed by atoms with Gasteiger partial charge in [0.15, 0.2) is 5.96 Å². The average Bonchev–Trinajstić information content (AvgIpc) is 2.84. The second-order valence-corrected chi connectivity index (χ2v) is 8.47. The van der Waals surface area contributed by atoms with Crippen LogP contribution in [0.2, 0.25) is 0 Å². The normalized spacial score (nSPS) is 18.7. The molecule has 186 valence electrons. The van der Waals surface area contributed by atoms with E-state index < -0.39 is 0 Å². The molecule has 1 aromatic rings. The first-order chi connectivity index (χ1) is 15.7. The van der Waals surface area contributed by atoms with E-state index in [4.69, 9.17) is 9.47 Å². The number of nitrogens with one attached hydrogen (secondary N) is 3. The Kier molecular flexibility index (Phi) is 12.9. The van der Waals surface area contributed by atoms with Crippen LogP contribution < -0.4 is 20.7 Å². The topological polar surface area (TPSA) is 87.2 Å². The maximum absolute atomic E-state index is 12.3. The van der Waals surface area contributed by atoms with Crippen LogP contribution in [-0.4, -0.2) is 76.4 Å². The van der Waals surface area contributed by atoms with E-state index in [0.29, 0.717) is 31.5 Å². The summed E-state index contributed by atoms with van der Waals surface area (Å²) in [7, 11) is 3.44. The molecule has 33 heavy (non-hydrogen) atoms. The van der Waals surface area contributed by atoms with Crippen molar-refractivity contribution in [3.8, 4) is 5.75 Å². The summed E-state index contributed by atoms with van der Waals surface area (Å²) in [5.41, 5.74) is 1.22. The summed E-state index contributed by atoms with van der Waals surface area (Å²) in [6.45, 7) is 4.55. The number of hydrogen-bond donors (Lipinski definition) is 3. The van der Waals surface area contributed by atoms with E-state index in [0.717, 1.165) is 44.9 Å². The number of ether oxygens (including phenoxy) is 2. The van der Waals surface area contributed by atoms with Gasteiger partial charge in [0.2, 0.25) is 5.91 Å². The molecule has 1 heterocycles. The fourth-order valence-electron chi connectivity index (χ4n) is 4.43. The van der Waals surface area contributed by atoms with Crippen LogP contribution in [0.15, 0.2) is 29.3 Å². The number of amides is 1. The van der Waals surface area contributed by atoms with Gasteiger partial charge in [-0.25, -0.2) is 0 Å². The van der Waals surface area contributed by atoms with Crippen LogP contribution in [0.25, 0.3) is 0 Å². The van der Waals surface area contributed by atoms with Gasteiger partial charge >= 0.3 is 0 Å². The monoisotopic (exact) mass is 573 g/mol. The van der Waals surface area contributed by atoms with Crippen LogP contribution in [0.4, 0.5) is 0 Å². The minimum atomic E-state index is 0. The largest absolute Gasteiger partial charge is 0.497 e. The number of guanidine groups is 1. The van der Waals surface area contributed by atoms with Crippen molar-refractivity contribution < 1.29 is 14.3 Å². The van der Waals surface area contributed by atoms with Crippen molar-refractivity contribution in [3.63, 3.8) is 0 Å². The van der Waals surface area contributed by atoms with Crippen molar-refractivity contribution in [1.82, 2.24) is 20.9 Å². The molecule has 1 atom stereocenters. The van der Waals surface area contributed by atoms with E-state index in [9.17, 15) is 4.79 Å². The molecule has 1 saturated heterocycles. The maximum Gasteiger partial charge on any atom is 0.221 e. The third kappa shape index (κ3) is 9.29. The summed E-state index contributed by atoms with van der Waals surface area (Å²) in [6.07, 6.45) is 6.39. The second-order valence-electron chi connectivity index (χ2n) is 8.47. The van der Waals surface area contributed by atoms with E-state index >= 15 is 0 Å². The van der Waals surface area contributed by atoms with Crippen molar-refractivity contribution in [1.29, 1.82) is 0 Å². The quantitative estimate of drug-likeness (QED) is 0.239. The van der Waals surface area contributed by atoms with Gasteiger partial charge in [0, 0.05) is 45.7 Å². The molecule has 1 aromatic carbocycles. The molecule has 9 heteroatoms. The molecule has 1 unspecified atom stereocenters. The number of rotatable bonds is 9. The number of carbonyl (C=O) groups is 1. The van der Waals surface area contributed by atoms with Gasteiger partial charge in [-0.2, -0.15) is 0 Å². The molecule has 8 nitrogen and oxygen atoms in total. The van der Waals surface area contributed by atoms with E-state index in [1.54, 1.807) is 14.2 Å². The molecule has 3 N–H and O–H groups in total. The van der Waals surface area contributed by atoms with Crippen LogP contribution in [0.5, 0.6) is 5.75 Å². The third-order valence-electron chi connectivity index (χ3n) is 6.29. The summed E-state index contributed by atoms with van der Waals surface area (Å²) in [4.78, 5) is 19.0. The van der Waals surface area contributed by atoms with Crippen molar-refractivity contribution >= 4 is 35.8 Å². The van der Waals surface area contributed by atoms with Gasteiger partial charge in [0.1, 0.15) is 5.75 Å². The van der Waals surface area contributed by atoms with Gasteiger partial charge in [-0.3, -0.25) is 14.7 Å². The van der Waals surface area contributed by atoms with E-state index in [-0.39, 0.29) is 35.9 Å². The predicted molar refractivity (Wildman–Crippen MR) is 143 cm³/mol. The Balaban J connectivity index is 0.00000385. The minimum absolute atomic E-state index is 0. The van der Waals surface area contributed by atoms with Crippen LogP contribution in [-0.2, 0) is 9.53 Å². The molecule has 1 aliphatic heterocycles. The number of hydrogen-bond acceptors (Lipinski definition) is 5. The maximum atomic E-state index is 12.3. The third-order valence-corrected chi connectivity index (χ3v) is 6.29. The number of nitrogens with zero attached hydrogens (tertiary/aromatic N) is 2. The highest BCUT2D eigenvalue weighted by Gasteiger charge is 2.23. The molecule has 0 spiro atoms. The van der Waals surface area contributed by atoms with Crippen LogP contribution >= 0.6 is 24.0 Å². The Bertz CT molecular complexity index is 719. The Morgan fingerprint density at radius 1 is 1.15 bits per heavy atom. The van der Waals surface area contributed by atoms with Crippen molar-refractivity contribution in [2.24, 2.45) is 4.99 Å². The lowest BCUT2D eigenvalue weighted by Crippen LogP contribution is -2.47. The van der Waals surface area contributed by atoms with Crippen molar-refractivity contribution in [2.45, 2.75) is 50.6 Å². The molecule has 0 aromatic heterocycles. The van der Waals surface area contributed by atoms with E-state index in [1.807, 2.05) is 12.1 Å². The average molecular weight is 574 g/mol. The molecule has 0 radical (unpaired) electrons. The number of methoxy groups -OCH3 is 1. The fourth-order valence-corrected chi connectivity index (χ4v) is 4.43. The number of aliphatic imine (C=N–C) groups is 1. The molecule has 3 rings (SSSR count). The Hall–Kier alpha value is -1.59. The van der Waals surface area contributed by atoms with Crippen LogP contribution in [0.1, 0.15) is 50.1 Å². The van der Waals surface area contributed by atoms with E-state index in [1.165, 1.54) is 24.8 Å². The summed E-state index contributed by atoms with van der Waals surface area (Å²) in [6, 6.07) is 8.78. The SMILES string of the molecule is CN=C(NCCC(=O)NC1CCCCC1)NCC(c1ccc(OC)cc1)N1CCOCC1.I. The summed E-state index contributed by atoms with van der Waals surface area (Å²) >= 11 is 0. The molecule has 0 bridgehead atoms. The smallest absolute Gasteiger partial charge is 0.221 e. The zero-order chi connectivity index (χ0) is 22.6. The molecule has 2 fully saturated rings. The van der Waals surface area contributed by atoms with Gasteiger partial charge in [-0.1, -0.05) is 31.4 Å². The lowest BCUT2D eigenvalue weighted by molar-refractivity contribution is -0.121. The summed E-state index contributed by atoms with van der Waals surface area (Å²) < 4.78 is 10.9. The Morgan fingerprint density at radius 2 is 1.85 bits per heavy atom. The van der Waals surface area contributed by atoms with Gasteiger partial charge in [-0.05, 0) is 30.5 Å². The highest BCUT2D eigenvalue weighted by atomic mass is 127. The van der Waals surface area contributed by atoms with Gasteiger partial charge in [0.05, 0.1) is 26.4 Å². The van der Waals surface area contributed by atoms with Gasteiger partial charge in [-0.15, -0.1) is 24.0 Å². The number of carbonyl (C=O) groups excluding carboxylic acids is 1. The first-order valence-electron chi connectivity index (χ1n) is 11.9. The lowest BCUT2D eigenvalue weighted by Gasteiger charge is -2.35. The highest BCUT2D eigenvalue weighted by molar-refractivity contribution is 14.0. The first-order valence-corrected chi connectivity index (χ1v) is 11.9. The Labute approximate surface area is 215 Å². The van der Waals surface area contributed by atoms with Crippen molar-refractivity contribution in [3.05, 3.63) is 29.8 Å². The van der Waals surface area contributed by atoms with Crippen LogP contribution in [0.3, 0.4) is 0 Å². The molecule has 1 saturated carbocycles. The van der Waals surface area contributed by atoms with Gasteiger partial charge < -0.3 is 25.4 Å². The molecule has 2 aliphatic rings. The van der Waals surface area contributed by atoms with Crippen molar-refractivity contribution in [2.75, 3.05) is 53.6 Å². The summed E-state index contributed by atoms with van der Waals surface area (Å²) in [5.74, 6) is 1.68. The van der Waals surface area contributed by atoms with Crippen LogP contribution in [0, 0.1) is 0 Å². The molecule has 1 aliphatic carbocycles. The fraction of sp³-hybridized carbons (Fsp3) is 0.667. The molecular weight excluding hydrogens is 533 g/mol. The number of halogens is 1. The zero-order valence-electron chi connectivity index (χ0n) is 20.0. The minimum Gasteiger partial charge on any atom is -0.497 e. The zero-order valence-corrected chi connectivity index (χ0v) is 22.3. The highest BCUT2D eigenvalue weighted by Crippen LogP contribution is 2.23. The Morgan fingerprint density at radius 3 is 2.48 bits per heavy atom. The summed E-state index contributed by atoms with van der Waals surface area (Å²) in [5, 5.41) is 9.89. The molecule has 1 amide bonds. The molecular formula is C24H40IN5O3. The van der Waals surface area contributed by atoms with E-state index in [2.05, 4.69) is 38.0 Å². The first kappa shape index (κ1) is 27.7. The number of morpholine rings is 1. The lowest BCUT2D eigenvalue weighted by atomic mass is 9.95. The second kappa shape index (κ2) is 15.3. The standard InChI is InChI=1S/C24H39N5O3.HI/c1-25-24(26-13-12-23(30)28-20-6-4-3-5-7-20)27-18-22(29-14-16-32-17-15-29)19-8-10-21(31-2)11-9-19;/h8-11,20,22H,3-7,12-18H2,1-2H3,(H,28,30)(H2,25,26,27);1H.